The number of ketones is 1. The highest BCUT2D eigenvalue weighted by Gasteiger charge is 2.19. The number of para-hydroxylation sites is 1. The molecule has 8 nitrogen and oxygen atoms in total. The quantitative estimate of drug-likeness (QED) is 0.0990. The fourth-order valence-corrected chi connectivity index (χ4v) is 6.63. The van der Waals surface area contributed by atoms with Crippen LogP contribution in [-0.2, 0) is 0 Å². The topological polar surface area (TPSA) is 73.4 Å². The first kappa shape index (κ1) is 33.2. The van der Waals surface area contributed by atoms with E-state index in [0.29, 0.717) is 36.3 Å². The van der Waals surface area contributed by atoms with Crippen molar-refractivity contribution in [2.75, 3.05) is 53.9 Å². The van der Waals surface area contributed by atoms with Gasteiger partial charge < -0.3 is 18.9 Å². The fraction of sp³-hybridized carbons (Fsp3) is 0.282. The minimum atomic E-state index is -0.0897. The van der Waals surface area contributed by atoms with Gasteiger partial charge in [-0.3, -0.25) is 14.6 Å². The third-order valence-corrected chi connectivity index (χ3v) is 9.81. The second-order valence-electron chi connectivity index (χ2n) is 12.0. The third kappa shape index (κ3) is 7.71. The summed E-state index contributed by atoms with van der Waals surface area (Å²) in [5, 5.41) is 1.02. The number of ether oxygens (including phenoxy) is 4. The number of fused-ring (bicyclic) bond motifs is 1. The molecular formula is C39H41N3O5S. The van der Waals surface area contributed by atoms with Crippen LogP contribution in [0.2, 0.25) is 0 Å². The van der Waals surface area contributed by atoms with Gasteiger partial charge in [-0.15, -0.1) is 11.3 Å². The van der Waals surface area contributed by atoms with Gasteiger partial charge >= 0.3 is 0 Å². The molecule has 2 heterocycles. The van der Waals surface area contributed by atoms with Gasteiger partial charge in [0, 0.05) is 37.3 Å². The lowest BCUT2D eigenvalue weighted by Gasteiger charge is -2.34. The Kier molecular flexibility index (Phi) is 10.4. The van der Waals surface area contributed by atoms with Crippen LogP contribution in [0.15, 0.2) is 78.9 Å². The predicted molar refractivity (Wildman–Crippen MR) is 193 cm³/mol. The summed E-state index contributed by atoms with van der Waals surface area (Å²) in [4.78, 5) is 22.3. The third-order valence-electron chi connectivity index (χ3n) is 8.72. The number of methoxy groups -OCH3 is 2. The van der Waals surface area contributed by atoms with Crippen LogP contribution in [0.1, 0.15) is 32.6 Å². The second kappa shape index (κ2) is 15.0. The minimum Gasteiger partial charge on any atom is -0.496 e. The van der Waals surface area contributed by atoms with Gasteiger partial charge in [-0.1, -0.05) is 24.3 Å². The molecule has 48 heavy (non-hydrogen) atoms. The Labute approximate surface area is 286 Å². The molecule has 4 aromatic carbocycles. The van der Waals surface area contributed by atoms with Gasteiger partial charge in [0.25, 0.3) is 0 Å². The highest BCUT2D eigenvalue weighted by molar-refractivity contribution is 7.21. The van der Waals surface area contributed by atoms with E-state index in [2.05, 4.69) is 41.0 Å². The van der Waals surface area contributed by atoms with Crippen LogP contribution in [0.4, 0.5) is 0 Å². The summed E-state index contributed by atoms with van der Waals surface area (Å²) in [7, 11) is 3.25. The zero-order chi connectivity index (χ0) is 33.6. The van der Waals surface area contributed by atoms with Crippen molar-refractivity contribution in [2.45, 2.75) is 20.8 Å². The summed E-state index contributed by atoms with van der Waals surface area (Å²) in [5.74, 6) is 2.79. The monoisotopic (exact) mass is 663 g/mol. The van der Waals surface area contributed by atoms with E-state index < -0.39 is 0 Å². The van der Waals surface area contributed by atoms with E-state index in [1.54, 1.807) is 43.8 Å². The Morgan fingerprint density at radius 2 is 1.46 bits per heavy atom. The maximum absolute atomic E-state index is 12.9. The first-order valence-corrected chi connectivity index (χ1v) is 16.9. The van der Waals surface area contributed by atoms with Crippen LogP contribution in [-0.4, -0.2) is 74.4 Å². The van der Waals surface area contributed by atoms with Gasteiger partial charge in [0.05, 0.1) is 24.4 Å². The molecule has 0 saturated carbocycles. The maximum Gasteiger partial charge on any atom is 0.185 e. The van der Waals surface area contributed by atoms with Crippen molar-refractivity contribution in [1.82, 2.24) is 14.8 Å². The molecule has 5 aromatic rings. The molecular weight excluding hydrogens is 623 g/mol. The summed E-state index contributed by atoms with van der Waals surface area (Å²) in [6, 6.07) is 23.9. The van der Waals surface area contributed by atoms with Crippen LogP contribution in [0, 0.1) is 20.8 Å². The van der Waals surface area contributed by atoms with Gasteiger partial charge in [0.1, 0.15) is 30.0 Å². The number of benzene rings is 4. The van der Waals surface area contributed by atoms with Crippen LogP contribution in [0.3, 0.4) is 0 Å². The zero-order valence-electron chi connectivity index (χ0n) is 28.1. The number of aromatic nitrogens is 1. The van der Waals surface area contributed by atoms with E-state index >= 15 is 0 Å². The van der Waals surface area contributed by atoms with E-state index in [4.69, 9.17) is 23.9 Å². The van der Waals surface area contributed by atoms with Crippen molar-refractivity contribution in [3.63, 3.8) is 0 Å². The molecule has 1 saturated heterocycles. The smallest absolute Gasteiger partial charge is 0.185 e. The molecule has 0 bridgehead atoms. The average molecular weight is 664 g/mol. The van der Waals surface area contributed by atoms with Gasteiger partial charge in [0.2, 0.25) is 0 Å². The van der Waals surface area contributed by atoms with E-state index in [0.717, 1.165) is 70.3 Å². The van der Waals surface area contributed by atoms with Crippen LogP contribution in [0.5, 0.6) is 23.0 Å². The zero-order valence-corrected chi connectivity index (χ0v) is 28.9. The average Bonchev–Trinajstić information content (AvgIpc) is 3.55. The number of piperazine rings is 1. The van der Waals surface area contributed by atoms with Gasteiger partial charge in [-0.05, 0) is 104 Å². The highest BCUT2D eigenvalue weighted by atomic mass is 32.1. The number of carbonyl (C=O) groups excluding carboxylic acids is 1. The van der Waals surface area contributed by atoms with Gasteiger partial charge in [0.15, 0.2) is 17.3 Å². The van der Waals surface area contributed by atoms with Crippen molar-refractivity contribution in [2.24, 2.45) is 0 Å². The first-order valence-electron chi connectivity index (χ1n) is 16.0. The molecule has 0 N–H and O–H groups in total. The minimum absolute atomic E-state index is 0.0897. The molecule has 1 aliphatic rings. The molecule has 0 amide bonds. The SMILES string of the molecule is COc1ccc(/C=C/C(=O)c2cc(C)c(C)c(OC)c2)cc1OCN1CCN(COc2ccc(-c3nc4ccccc4s3)cc2C)CC1. The fourth-order valence-electron chi connectivity index (χ4n) is 5.67. The van der Waals surface area contributed by atoms with Crippen molar-refractivity contribution in [3.05, 3.63) is 107 Å². The number of allylic oxidation sites excluding steroid dienone is 1. The lowest BCUT2D eigenvalue weighted by molar-refractivity contribution is 0.0323. The molecule has 0 spiro atoms. The molecule has 0 atom stereocenters. The first-order chi connectivity index (χ1) is 23.3. The van der Waals surface area contributed by atoms with Crippen molar-refractivity contribution < 1.29 is 23.7 Å². The molecule has 1 fully saturated rings. The summed E-state index contributed by atoms with van der Waals surface area (Å²) in [6.07, 6.45) is 3.38. The number of hydrogen-bond acceptors (Lipinski definition) is 9. The molecule has 9 heteroatoms. The van der Waals surface area contributed by atoms with Crippen LogP contribution >= 0.6 is 11.3 Å². The Bertz CT molecular complexity index is 1910. The van der Waals surface area contributed by atoms with Gasteiger partial charge in [-0.2, -0.15) is 0 Å². The predicted octanol–water partition coefficient (Wildman–Crippen LogP) is 7.79. The number of thiazole rings is 1. The summed E-state index contributed by atoms with van der Waals surface area (Å²) in [5.41, 5.74) is 6.72. The molecule has 0 unspecified atom stereocenters. The highest BCUT2D eigenvalue weighted by Crippen LogP contribution is 2.33. The van der Waals surface area contributed by atoms with E-state index in [9.17, 15) is 4.79 Å². The largest absolute Gasteiger partial charge is 0.496 e. The van der Waals surface area contributed by atoms with E-state index in [-0.39, 0.29) is 5.78 Å². The molecule has 1 aromatic heterocycles. The summed E-state index contributed by atoms with van der Waals surface area (Å²) in [6.45, 7) is 10.5. The van der Waals surface area contributed by atoms with E-state index in [1.807, 2.05) is 56.3 Å². The Balaban J connectivity index is 0.993. The molecule has 0 aliphatic carbocycles. The van der Waals surface area contributed by atoms with E-state index in [1.165, 1.54) is 4.70 Å². The van der Waals surface area contributed by atoms with Crippen molar-refractivity contribution in [3.8, 4) is 33.6 Å². The number of carbonyl (C=O) groups is 1. The van der Waals surface area contributed by atoms with Crippen LogP contribution < -0.4 is 18.9 Å². The second-order valence-corrected chi connectivity index (χ2v) is 13.0. The van der Waals surface area contributed by atoms with Crippen molar-refractivity contribution in [1.29, 1.82) is 0 Å². The Hall–Kier alpha value is -4.70. The summed E-state index contributed by atoms with van der Waals surface area (Å²) >= 11 is 1.71. The number of hydrogen-bond donors (Lipinski definition) is 0. The lowest BCUT2D eigenvalue weighted by atomic mass is 10.0. The lowest BCUT2D eigenvalue weighted by Crippen LogP contribution is -2.48. The number of rotatable bonds is 12. The molecule has 0 radical (unpaired) electrons. The molecule has 6 rings (SSSR count). The standard InChI is InChI=1S/C39H41N3O5S/c1-26-20-31(23-36(45-5)28(26)3)33(43)13-10-29-11-14-35(44-4)37(22-29)47-25-42-18-16-41(17-19-42)24-46-34-15-12-30(21-27(34)2)39-40-32-8-6-7-9-38(32)48-39/h6-15,20-23H,16-19,24-25H2,1-5H3/b13-10+. The van der Waals surface area contributed by atoms with Gasteiger partial charge in [-0.25, -0.2) is 4.98 Å². The maximum atomic E-state index is 12.9. The van der Waals surface area contributed by atoms with Crippen molar-refractivity contribution >= 4 is 33.4 Å². The van der Waals surface area contributed by atoms with Crippen LogP contribution in [0.25, 0.3) is 26.9 Å². The summed E-state index contributed by atoms with van der Waals surface area (Å²) < 4.78 is 24.6. The molecule has 1 aliphatic heterocycles. The molecule has 248 valence electrons. The Morgan fingerprint density at radius 1 is 0.771 bits per heavy atom. The Morgan fingerprint density at radius 3 is 2.15 bits per heavy atom. The normalized spacial score (nSPS) is 14.0. The number of aryl methyl sites for hydroxylation is 2. The number of nitrogens with zero attached hydrogens (tertiary/aromatic N) is 3.